The Bertz CT molecular complexity index is 176. The van der Waals surface area contributed by atoms with Crippen molar-refractivity contribution in [3.8, 4) is 0 Å². The molecule has 80 valence electrons. The SMILES string of the molecule is CC1CNCCC1(O)C(F)(F)F.Cl. The zero-order chi connectivity index (χ0) is 9.41. The van der Waals surface area contributed by atoms with Gasteiger partial charge in [0.2, 0.25) is 0 Å². The minimum atomic E-state index is -4.51. The van der Waals surface area contributed by atoms with E-state index in [4.69, 9.17) is 0 Å². The number of hydrogen-bond acceptors (Lipinski definition) is 2. The molecule has 0 spiro atoms. The predicted octanol–water partition coefficient (Wildman–Crippen LogP) is 1.33. The molecule has 6 heteroatoms. The molecule has 1 rings (SSSR count). The van der Waals surface area contributed by atoms with Crippen molar-refractivity contribution in [1.82, 2.24) is 5.32 Å². The lowest BCUT2D eigenvalue weighted by Gasteiger charge is -2.39. The number of rotatable bonds is 0. The van der Waals surface area contributed by atoms with Gasteiger partial charge >= 0.3 is 6.18 Å². The summed E-state index contributed by atoms with van der Waals surface area (Å²) in [7, 11) is 0. The van der Waals surface area contributed by atoms with Crippen molar-refractivity contribution >= 4 is 12.4 Å². The molecule has 2 atom stereocenters. The van der Waals surface area contributed by atoms with E-state index in [1.165, 1.54) is 6.92 Å². The van der Waals surface area contributed by atoms with Gasteiger partial charge in [0.1, 0.15) is 0 Å². The van der Waals surface area contributed by atoms with Crippen LogP contribution in [0.15, 0.2) is 0 Å². The summed E-state index contributed by atoms with van der Waals surface area (Å²) in [5.41, 5.74) is -2.49. The summed E-state index contributed by atoms with van der Waals surface area (Å²) < 4.78 is 36.9. The standard InChI is InChI=1S/C7H12F3NO.ClH/c1-5-4-11-3-2-6(5,12)7(8,9)10;/h5,11-12H,2-4H2,1H3;1H. The maximum atomic E-state index is 12.3. The van der Waals surface area contributed by atoms with Gasteiger partial charge in [-0.1, -0.05) is 6.92 Å². The average Bonchev–Trinajstić information content (AvgIpc) is 1.93. The highest BCUT2D eigenvalue weighted by molar-refractivity contribution is 5.85. The maximum Gasteiger partial charge on any atom is 0.417 e. The van der Waals surface area contributed by atoms with Crippen LogP contribution in [-0.4, -0.2) is 30.0 Å². The van der Waals surface area contributed by atoms with E-state index in [2.05, 4.69) is 5.32 Å². The highest BCUT2D eigenvalue weighted by atomic mass is 35.5. The number of hydrogen-bond donors (Lipinski definition) is 2. The van der Waals surface area contributed by atoms with Crippen molar-refractivity contribution in [3.63, 3.8) is 0 Å². The molecule has 0 saturated carbocycles. The number of aliphatic hydroxyl groups is 1. The third-order valence-electron chi connectivity index (χ3n) is 2.44. The Hall–Kier alpha value is -0.0000000000000000555. The number of alkyl halides is 3. The normalized spacial score (nSPS) is 35.3. The Kier molecular flexibility index (Phi) is 4.02. The van der Waals surface area contributed by atoms with Crippen molar-refractivity contribution in [2.24, 2.45) is 5.92 Å². The maximum absolute atomic E-state index is 12.3. The number of piperidine rings is 1. The van der Waals surface area contributed by atoms with Crippen LogP contribution in [0.5, 0.6) is 0 Å². The lowest BCUT2D eigenvalue weighted by Crippen LogP contribution is -2.57. The number of nitrogens with one attached hydrogen (secondary N) is 1. The van der Waals surface area contributed by atoms with Gasteiger partial charge in [0.25, 0.3) is 0 Å². The molecular weight excluding hydrogens is 207 g/mol. The fourth-order valence-corrected chi connectivity index (χ4v) is 1.43. The Morgan fingerprint density at radius 3 is 2.31 bits per heavy atom. The zero-order valence-corrected chi connectivity index (χ0v) is 8.00. The van der Waals surface area contributed by atoms with Crippen molar-refractivity contribution < 1.29 is 18.3 Å². The van der Waals surface area contributed by atoms with E-state index in [-0.39, 0.29) is 31.9 Å². The van der Waals surface area contributed by atoms with E-state index in [9.17, 15) is 18.3 Å². The molecule has 1 fully saturated rings. The van der Waals surface area contributed by atoms with E-state index in [0.29, 0.717) is 0 Å². The summed E-state index contributed by atoms with van der Waals surface area (Å²) in [6, 6.07) is 0. The number of halogens is 4. The summed E-state index contributed by atoms with van der Waals surface area (Å²) in [6.07, 6.45) is -4.76. The summed E-state index contributed by atoms with van der Waals surface area (Å²) in [5.74, 6) is -0.772. The van der Waals surface area contributed by atoms with Crippen molar-refractivity contribution in [1.29, 1.82) is 0 Å². The van der Waals surface area contributed by atoms with Crippen molar-refractivity contribution in [2.45, 2.75) is 25.1 Å². The van der Waals surface area contributed by atoms with Crippen LogP contribution in [0.1, 0.15) is 13.3 Å². The first-order chi connectivity index (χ1) is 5.38. The molecule has 0 bridgehead atoms. The Balaban J connectivity index is 0.00000144. The quantitative estimate of drug-likeness (QED) is 0.644. The van der Waals surface area contributed by atoms with E-state index in [0.717, 1.165) is 0 Å². The van der Waals surface area contributed by atoms with Crippen LogP contribution in [0.3, 0.4) is 0 Å². The minimum absolute atomic E-state index is 0. The summed E-state index contributed by atoms with van der Waals surface area (Å²) in [5, 5.41) is 12.1. The topological polar surface area (TPSA) is 32.3 Å². The van der Waals surface area contributed by atoms with E-state index >= 15 is 0 Å². The lowest BCUT2D eigenvalue weighted by atomic mass is 9.82. The third kappa shape index (κ3) is 2.27. The average molecular weight is 220 g/mol. The Labute approximate surface area is 80.9 Å². The third-order valence-corrected chi connectivity index (χ3v) is 2.44. The van der Waals surface area contributed by atoms with E-state index < -0.39 is 17.7 Å². The molecule has 1 aliphatic heterocycles. The van der Waals surface area contributed by atoms with Gasteiger partial charge in [-0.25, -0.2) is 0 Å². The van der Waals surface area contributed by atoms with Gasteiger partial charge in [0.05, 0.1) is 0 Å². The van der Waals surface area contributed by atoms with Gasteiger partial charge < -0.3 is 10.4 Å². The van der Waals surface area contributed by atoms with Crippen LogP contribution in [0.25, 0.3) is 0 Å². The first kappa shape index (κ1) is 13.0. The molecule has 0 aromatic carbocycles. The molecule has 2 unspecified atom stereocenters. The molecule has 2 N–H and O–H groups in total. The summed E-state index contributed by atoms with van der Waals surface area (Å²) >= 11 is 0. The van der Waals surface area contributed by atoms with Gasteiger partial charge in [0.15, 0.2) is 5.60 Å². The van der Waals surface area contributed by atoms with Gasteiger partial charge in [0, 0.05) is 12.5 Å². The van der Waals surface area contributed by atoms with E-state index in [1.54, 1.807) is 0 Å². The molecule has 0 aromatic heterocycles. The molecule has 0 radical (unpaired) electrons. The summed E-state index contributed by atoms with van der Waals surface area (Å²) in [6.45, 7) is 1.84. The van der Waals surface area contributed by atoms with Gasteiger partial charge in [-0.2, -0.15) is 13.2 Å². The first-order valence-electron chi connectivity index (χ1n) is 3.88. The molecule has 1 heterocycles. The van der Waals surface area contributed by atoms with Crippen LogP contribution >= 0.6 is 12.4 Å². The second-order valence-corrected chi connectivity index (χ2v) is 3.28. The molecular formula is C7H13ClF3NO. The van der Waals surface area contributed by atoms with Crippen LogP contribution in [0.4, 0.5) is 13.2 Å². The fraction of sp³-hybridized carbons (Fsp3) is 1.00. The lowest BCUT2D eigenvalue weighted by molar-refractivity contribution is -0.283. The van der Waals surface area contributed by atoms with Gasteiger partial charge in [-0.15, -0.1) is 12.4 Å². The second-order valence-electron chi connectivity index (χ2n) is 3.28. The minimum Gasteiger partial charge on any atom is -0.380 e. The zero-order valence-electron chi connectivity index (χ0n) is 7.19. The predicted molar refractivity (Wildman–Crippen MR) is 44.9 cm³/mol. The smallest absolute Gasteiger partial charge is 0.380 e. The van der Waals surface area contributed by atoms with Crippen LogP contribution in [-0.2, 0) is 0 Å². The molecule has 13 heavy (non-hydrogen) atoms. The fourth-order valence-electron chi connectivity index (χ4n) is 1.43. The molecule has 0 aromatic rings. The van der Waals surface area contributed by atoms with Gasteiger partial charge in [-0.05, 0) is 13.0 Å². The van der Waals surface area contributed by atoms with Crippen LogP contribution in [0, 0.1) is 5.92 Å². The molecule has 2 nitrogen and oxygen atoms in total. The van der Waals surface area contributed by atoms with Gasteiger partial charge in [-0.3, -0.25) is 0 Å². The van der Waals surface area contributed by atoms with Crippen LogP contribution in [0.2, 0.25) is 0 Å². The molecule has 1 aliphatic rings. The van der Waals surface area contributed by atoms with Crippen molar-refractivity contribution in [2.75, 3.05) is 13.1 Å². The summed E-state index contributed by atoms with van der Waals surface area (Å²) in [4.78, 5) is 0. The second kappa shape index (κ2) is 4.02. The van der Waals surface area contributed by atoms with E-state index in [1.807, 2.05) is 0 Å². The largest absolute Gasteiger partial charge is 0.417 e. The molecule has 0 aliphatic carbocycles. The first-order valence-corrected chi connectivity index (χ1v) is 3.88. The molecule has 1 saturated heterocycles. The molecule has 0 amide bonds. The van der Waals surface area contributed by atoms with Crippen molar-refractivity contribution in [3.05, 3.63) is 0 Å². The highest BCUT2D eigenvalue weighted by Gasteiger charge is 2.57. The Morgan fingerprint density at radius 2 is 2.00 bits per heavy atom. The highest BCUT2D eigenvalue weighted by Crippen LogP contribution is 2.39. The van der Waals surface area contributed by atoms with Crippen LogP contribution < -0.4 is 5.32 Å². The monoisotopic (exact) mass is 219 g/mol. The Morgan fingerprint density at radius 1 is 1.46 bits per heavy atom.